The Labute approximate surface area is 244 Å². The number of unbranched alkanes of at least 4 members (excludes halogenated alkanes) is 2. The van der Waals surface area contributed by atoms with Crippen molar-refractivity contribution in [2.45, 2.75) is 52.5 Å². The molecule has 4 aromatic rings. The van der Waals surface area contributed by atoms with Gasteiger partial charge in [-0.1, -0.05) is 68.4 Å². The fraction of sp³-hybridized carbons (Fsp3) is 0.303. The van der Waals surface area contributed by atoms with Crippen molar-refractivity contribution in [3.8, 4) is 11.5 Å². The van der Waals surface area contributed by atoms with Crippen LogP contribution in [0.1, 0.15) is 62.3 Å². The molecule has 1 aliphatic heterocycles. The Bertz CT molecular complexity index is 1590. The Kier molecular flexibility index (Phi) is 8.69. The minimum absolute atomic E-state index is 0.01000. The van der Waals surface area contributed by atoms with Gasteiger partial charge in [0.25, 0.3) is 5.78 Å². The first-order valence-corrected chi connectivity index (χ1v) is 14.9. The molecule has 212 valence electrons. The third-order valence-electron chi connectivity index (χ3n) is 7.02. The number of aliphatic hydroxyl groups is 1. The lowest BCUT2D eigenvalue weighted by molar-refractivity contribution is -0.132. The predicted molar refractivity (Wildman–Crippen MR) is 163 cm³/mol. The molecule has 2 heterocycles. The zero-order valence-electron chi connectivity index (χ0n) is 23.6. The highest BCUT2D eigenvalue weighted by atomic mass is 32.1. The smallest absolute Gasteiger partial charge is 0.301 e. The topological polar surface area (TPSA) is 89.0 Å². The number of amides is 1. The number of ketones is 1. The first-order valence-electron chi connectivity index (χ1n) is 14.1. The minimum Gasteiger partial charge on any atom is -0.507 e. The summed E-state index contributed by atoms with van der Waals surface area (Å²) in [4.78, 5) is 33.3. The van der Waals surface area contributed by atoms with Crippen molar-refractivity contribution in [2.75, 3.05) is 18.1 Å². The molecule has 0 radical (unpaired) electrons. The van der Waals surface area contributed by atoms with Gasteiger partial charge in [-0.2, -0.15) is 0 Å². The number of carbonyl (C=O) groups excluding carboxylic acids is 2. The summed E-state index contributed by atoms with van der Waals surface area (Å²) in [6.07, 6.45) is 3.87. The lowest BCUT2D eigenvalue weighted by Crippen LogP contribution is -2.29. The Hall–Kier alpha value is -4.17. The highest BCUT2D eigenvalue weighted by molar-refractivity contribution is 7.22. The number of aliphatic hydroxyl groups excluding tert-OH is 1. The Morgan fingerprint density at radius 3 is 2.34 bits per heavy atom. The van der Waals surface area contributed by atoms with Gasteiger partial charge >= 0.3 is 5.91 Å². The van der Waals surface area contributed by atoms with Crippen LogP contribution in [-0.2, 0) is 9.59 Å². The van der Waals surface area contributed by atoms with Gasteiger partial charge in [-0.05, 0) is 67.3 Å². The number of carbonyl (C=O) groups is 2. The molecular formula is C33H34N2O5S. The van der Waals surface area contributed by atoms with Gasteiger partial charge in [0.2, 0.25) is 0 Å². The number of fused-ring (bicyclic) bond motifs is 1. The van der Waals surface area contributed by atoms with E-state index in [1.165, 1.54) is 16.2 Å². The number of hydrogen-bond donors (Lipinski definition) is 1. The van der Waals surface area contributed by atoms with Crippen molar-refractivity contribution < 1.29 is 24.2 Å². The average Bonchev–Trinajstić information content (AvgIpc) is 3.51. The van der Waals surface area contributed by atoms with E-state index in [9.17, 15) is 14.7 Å². The number of anilines is 1. The molecule has 8 heteroatoms. The molecule has 1 saturated heterocycles. The minimum atomic E-state index is -0.869. The van der Waals surface area contributed by atoms with E-state index in [1.54, 1.807) is 18.2 Å². The van der Waals surface area contributed by atoms with Crippen LogP contribution in [0.2, 0.25) is 0 Å². The maximum Gasteiger partial charge on any atom is 0.301 e. The average molecular weight is 571 g/mol. The zero-order chi connectivity index (χ0) is 28.9. The monoisotopic (exact) mass is 570 g/mol. The molecule has 1 aliphatic rings. The van der Waals surface area contributed by atoms with Crippen molar-refractivity contribution in [1.82, 2.24) is 4.98 Å². The number of Topliss-reactive ketones (excluding diaryl/α,β-unsaturated/α-hetero) is 1. The van der Waals surface area contributed by atoms with Crippen LogP contribution in [0.15, 0.2) is 72.3 Å². The predicted octanol–water partition coefficient (Wildman–Crippen LogP) is 7.59. The van der Waals surface area contributed by atoms with E-state index in [2.05, 4.69) is 13.8 Å². The van der Waals surface area contributed by atoms with Gasteiger partial charge in [-0.3, -0.25) is 14.5 Å². The quantitative estimate of drug-likeness (QED) is 0.0865. The van der Waals surface area contributed by atoms with E-state index in [4.69, 9.17) is 14.5 Å². The largest absolute Gasteiger partial charge is 0.507 e. The molecule has 1 fully saturated rings. The van der Waals surface area contributed by atoms with E-state index < -0.39 is 17.7 Å². The van der Waals surface area contributed by atoms with Gasteiger partial charge in [0.15, 0.2) is 5.13 Å². The van der Waals surface area contributed by atoms with Crippen molar-refractivity contribution in [3.05, 3.63) is 89.0 Å². The SMILES string of the molecule is CCCCOc1ccc(C2C(=C(O)c3cccc(OCCCC)c3)C(=O)C(=O)N2c2nc3ccc(C)cc3s2)cc1. The number of thiazole rings is 1. The Morgan fingerprint density at radius 1 is 0.927 bits per heavy atom. The van der Waals surface area contributed by atoms with E-state index >= 15 is 0 Å². The highest BCUT2D eigenvalue weighted by Crippen LogP contribution is 2.44. The maximum atomic E-state index is 13.6. The molecule has 1 amide bonds. The van der Waals surface area contributed by atoms with Crippen molar-refractivity contribution >= 4 is 44.1 Å². The van der Waals surface area contributed by atoms with Gasteiger partial charge in [-0.25, -0.2) is 4.98 Å². The Morgan fingerprint density at radius 2 is 1.63 bits per heavy atom. The van der Waals surface area contributed by atoms with Gasteiger partial charge < -0.3 is 14.6 Å². The van der Waals surface area contributed by atoms with Crippen molar-refractivity contribution in [3.63, 3.8) is 0 Å². The summed E-state index contributed by atoms with van der Waals surface area (Å²) >= 11 is 1.35. The van der Waals surface area contributed by atoms with Crippen LogP contribution in [0.4, 0.5) is 5.13 Å². The van der Waals surface area contributed by atoms with Crippen LogP contribution in [0, 0.1) is 6.92 Å². The van der Waals surface area contributed by atoms with Gasteiger partial charge in [0.05, 0.1) is 35.0 Å². The lowest BCUT2D eigenvalue weighted by Gasteiger charge is -2.23. The summed E-state index contributed by atoms with van der Waals surface area (Å²) < 4.78 is 12.6. The molecule has 41 heavy (non-hydrogen) atoms. The van der Waals surface area contributed by atoms with Crippen molar-refractivity contribution in [2.24, 2.45) is 0 Å². The third kappa shape index (κ3) is 5.98. The molecule has 0 spiro atoms. The molecule has 0 aliphatic carbocycles. The van der Waals surface area contributed by atoms with Crippen LogP contribution in [0.3, 0.4) is 0 Å². The van der Waals surface area contributed by atoms with Crippen LogP contribution in [0.25, 0.3) is 16.0 Å². The van der Waals surface area contributed by atoms with Gasteiger partial charge in [-0.15, -0.1) is 0 Å². The van der Waals surface area contributed by atoms with Gasteiger partial charge in [0.1, 0.15) is 17.3 Å². The van der Waals surface area contributed by atoms with Gasteiger partial charge in [0, 0.05) is 5.56 Å². The van der Waals surface area contributed by atoms with Crippen LogP contribution in [-0.4, -0.2) is 35.0 Å². The summed E-state index contributed by atoms with van der Waals surface area (Å²) in [7, 11) is 0. The third-order valence-corrected chi connectivity index (χ3v) is 8.04. The van der Waals surface area contributed by atoms with E-state index in [0.29, 0.717) is 41.0 Å². The molecule has 7 nitrogen and oxygen atoms in total. The summed E-state index contributed by atoms with van der Waals surface area (Å²) in [5.74, 6) is -0.457. The molecule has 1 N–H and O–H groups in total. The standard InChI is InChI=1S/C33H34N2O5S/c1-4-6-17-39-24-14-12-22(13-15-24)29-28(30(36)23-9-8-10-25(20-23)40-18-7-5-2)31(37)32(38)35(29)33-34-26-16-11-21(3)19-27(26)41-33/h8-16,19-20,29,36H,4-7,17-18H2,1-3H3. The second kappa shape index (κ2) is 12.6. The number of aromatic nitrogens is 1. The lowest BCUT2D eigenvalue weighted by atomic mass is 9.95. The Balaban J connectivity index is 1.60. The summed E-state index contributed by atoms with van der Waals surface area (Å²) in [6.45, 7) is 7.34. The molecule has 1 unspecified atom stereocenters. The number of nitrogens with zero attached hydrogens (tertiary/aromatic N) is 2. The molecule has 3 aromatic carbocycles. The number of benzene rings is 3. The molecule has 0 saturated carbocycles. The number of ether oxygens (including phenoxy) is 2. The van der Waals surface area contributed by atoms with E-state index in [0.717, 1.165) is 41.5 Å². The second-order valence-corrected chi connectivity index (χ2v) is 11.1. The van der Waals surface area contributed by atoms with Crippen LogP contribution >= 0.6 is 11.3 Å². The molecular weight excluding hydrogens is 536 g/mol. The van der Waals surface area contributed by atoms with E-state index in [1.807, 2.05) is 55.5 Å². The number of aryl methyl sites for hydroxylation is 1. The maximum absolute atomic E-state index is 13.6. The second-order valence-electron chi connectivity index (χ2n) is 10.1. The fourth-order valence-electron chi connectivity index (χ4n) is 4.77. The molecule has 5 rings (SSSR count). The number of rotatable bonds is 11. The molecule has 0 bridgehead atoms. The first kappa shape index (κ1) is 28.4. The normalized spacial score (nSPS) is 16.5. The summed E-state index contributed by atoms with van der Waals surface area (Å²) in [5.41, 5.74) is 2.90. The fourth-order valence-corrected chi connectivity index (χ4v) is 5.86. The van der Waals surface area contributed by atoms with Crippen LogP contribution in [0.5, 0.6) is 11.5 Å². The zero-order valence-corrected chi connectivity index (χ0v) is 24.4. The highest BCUT2D eigenvalue weighted by Gasteiger charge is 2.48. The molecule has 1 aromatic heterocycles. The van der Waals surface area contributed by atoms with Crippen molar-refractivity contribution in [1.29, 1.82) is 0 Å². The first-order chi connectivity index (χ1) is 19.9. The summed E-state index contributed by atoms with van der Waals surface area (Å²) in [6, 6.07) is 19.3. The van der Waals surface area contributed by atoms with Crippen LogP contribution < -0.4 is 14.4 Å². The summed E-state index contributed by atoms with van der Waals surface area (Å²) in [5, 5.41) is 12.0. The number of hydrogen-bond acceptors (Lipinski definition) is 7. The van der Waals surface area contributed by atoms with E-state index in [-0.39, 0.29) is 11.3 Å². The molecule has 1 atom stereocenters.